The summed E-state index contributed by atoms with van der Waals surface area (Å²) in [6, 6.07) is 10.6. The van der Waals surface area contributed by atoms with Crippen molar-refractivity contribution < 1.29 is 4.74 Å². The molecule has 3 rings (SSSR count). The molecule has 0 saturated carbocycles. The first-order valence-electron chi connectivity index (χ1n) is 8.62. The lowest BCUT2D eigenvalue weighted by Gasteiger charge is -2.25. The van der Waals surface area contributed by atoms with Crippen LogP contribution in [0.15, 0.2) is 35.7 Å². The first kappa shape index (κ1) is 17.1. The first-order chi connectivity index (χ1) is 11.9. The van der Waals surface area contributed by atoms with Gasteiger partial charge in [-0.3, -0.25) is 5.10 Å². The van der Waals surface area contributed by atoms with Crippen molar-refractivity contribution in [2.45, 2.75) is 51.9 Å². The molecule has 5 heteroatoms. The zero-order valence-electron chi connectivity index (χ0n) is 15.2. The molecule has 2 heterocycles. The zero-order chi connectivity index (χ0) is 18.2. The molecule has 2 aromatic rings. The summed E-state index contributed by atoms with van der Waals surface area (Å²) in [5, 5.41) is 17.0. The summed E-state index contributed by atoms with van der Waals surface area (Å²) in [6.45, 7) is 8.66. The van der Waals surface area contributed by atoms with E-state index >= 15 is 0 Å². The van der Waals surface area contributed by atoms with E-state index in [4.69, 9.17) is 10.5 Å². The number of nitriles is 1. The van der Waals surface area contributed by atoms with Crippen LogP contribution in [0.1, 0.15) is 62.4 Å². The smallest absolute Gasteiger partial charge is 0.244 e. The van der Waals surface area contributed by atoms with Crippen molar-refractivity contribution in [2.75, 3.05) is 0 Å². The fourth-order valence-corrected chi connectivity index (χ4v) is 3.26. The molecule has 0 fully saturated rings. The molecule has 0 saturated heterocycles. The lowest BCUT2D eigenvalue weighted by atomic mass is 9.81. The summed E-state index contributed by atoms with van der Waals surface area (Å²) < 4.78 is 5.58. The Bertz CT molecular complexity index is 847. The van der Waals surface area contributed by atoms with E-state index in [1.807, 2.05) is 0 Å². The average Bonchev–Trinajstić information content (AvgIpc) is 2.95. The fourth-order valence-electron chi connectivity index (χ4n) is 3.26. The molecule has 25 heavy (non-hydrogen) atoms. The van der Waals surface area contributed by atoms with E-state index in [0.29, 0.717) is 11.5 Å². The van der Waals surface area contributed by atoms with E-state index in [1.165, 1.54) is 5.56 Å². The van der Waals surface area contributed by atoms with Crippen molar-refractivity contribution in [3.05, 3.63) is 58.1 Å². The molecule has 5 nitrogen and oxygen atoms in total. The average molecular weight is 336 g/mol. The van der Waals surface area contributed by atoms with Gasteiger partial charge in [0.15, 0.2) is 0 Å². The largest absolute Gasteiger partial charge is 0.420 e. The number of allylic oxidation sites excluding steroid dienone is 1. The number of rotatable bonds is 3. The van der Waals surface area contributed by atoms with Gasteiger partial charge >= 0.3 is 0 Å². The Morgan fingerprint density at radius 3 is 2.52 bits per heavy atom. The highest BCUT2D eigenvalue weighted by Crippen LogP contribution is 2.43. The Labute approximate surface area is 148 Å². The van der Waals surface area contributed by atoms with E-state index in [0.717, 1.165) is 29.7 Å². The third-order valence-electron chi connectivity index (χ3n) is 4.63. The van der Waals surface area contributed by atoms with Gasteiger partial charge in [0.05, 0.1) is 5.92 Å². The van der Waals surface area contributed by atoms with Gasteiger partial charge in [0.2, 0.25) is 11.8 Å². The molecule has 0 aliphatic carbocycles. The standard InChI is InChI=1S/C20H24N4O/c1-5-6-15-17-16(12-7-9-13(10-8-12)20(2,3)4)14(11-21)18(22)25-19(17)24-23-15/h7-10,16H,5-6,22H2,1-4H3,(H,23,24). The number of nitrogens with one attached hydrogen (secondary N) is 1. The molecular formula is C20H24N4O. The normalized spacial score (nSPS) is 17.0. The van der Waals surface area contributed by atoms with Gasteiger partial charge in [0, 0.05) is 11.3 Å². The van der Waals surface area contributed by atoms with Gasteiger partial charge in [0.25, 0.3) is 0 Å². The second kappa shape index (κ2) is 6.29. The van der Waals surface area contributed by atoms with Gasteiger partial charge in [-0.25, -0.2) is 0 Å². The Morgan fingerprint density at radius 2 is 1.96 bits per heavy atom. The van der Waals surface area contributed by atoms with Crippen LogP contribution in [-0.4, -0.2) is 10.2 Å². The van der Waals surface area contributed by atoms with Crippen molar-refractivity contribution in [3.63, 3.8) is 0 Å². The van der Waals surface area contributed by atoms with Gasteiger partial charge < -0.3 is 10.5 Å². The monoisotopic (exact) mass is 336 g/mol. The first-order valence-corrected chi connectivity index (χ1v) is 8.62. The van der Waals surface area contributed by atoms with Crippen LogP contribution >= 0.6 is 0 Å². The molecule has 1 aromatic carbocycles. The molecule has 1 aliphatic rings. The van der Waals surface area contributed by atoms with Gasteiger partial charge in [-0.15, -0.1) is 5.10 Å². The minimum atomic E-state index is -0.247. The number of benzene rings is 1. The predicted octanol–water partition coefficient (Wildman–Crippen LogP) is 3.88. The van der Waals surface area contributed by atoms with Crippen molar-refractivity contribution in [1.29, 1.82) is 5.26 Å². The Morgan fingerprint density at radius 1 is 1.28 bits per heavy atom. The van der Waals surface area contributed by atoms with Crippen LogP contribution in [0.25, 0.3) is 0 Å². The minimum Gasteiger partial charge on any atom is -0.420 e. The summed E-state index contributed by atoms with van der Waals surface area (Å²) in [5.74, 6) is 0.363. The third kappa shape index (κ3) is 3.00. The van der Waals surface area contributed by atoms with Gasteiger partial charge in [0.1, 0.15) is 11.6 Å². The number of hydrogen-bond acceptors (Lipinski definition) is 4. The van der Waals surface area contributed by atoms with Crippen molar-refractivity contribution in [3.8, 4) is 11.9 Å². The fraction of sp³-hybridized carbons (Fsp3) is 0.400. The summed E-state index contributed by atoms with van der Waals surface area (Å²) in [5.41, 5.74) is 10.7. The lowest BCUT2D eigenvalue weighted by Crippen LogP contribution is -2.21. The summed E-state index contributed by atoms with van der Waals surface area (Å²) in [6.07, 6.45) is 1.83. The maximum Gasteiger partial charge on any atom is 0.244 e. The van der Waals surface area contributed by atoms with Crippen LogP contribution in [0.5, 0.6) is 5.88 Å². The third-order valence-corrected chi connectivity index (χ3v) is 4.63. The highest BCUT2D eigenvalue weighted by Gasteiger charge is 2.35. The molecule has 0 bridgehead atoms. The number of ether oxygens (including phenoxy) is 1. The van der Waals surface area contributed by atoms with Crippen LogP contribution in [0.2, 0.25) is 0 Å². The second-order valence-corrected chi connectivity index (χ2v) is 7.47. The number of aromatic amines is 1. The van der Waals surface area contributed by atoms with E-state index in [9.17, 15) is 5.26 Å². The number of H-pyrrole nitrogens is 1. The summed E-state index contributed by atoms with van der Waals surface area (Å²) in [4.78, 5) is 0. The maximum absolute atomic E-state index is 9.66. The summed E-state index contributed by atoms with van der Waals surface area (Å²) >= 11 is 0. The van der Waals surface area contributed by atoms with Gasteiger partial charge in [-0.05, 0) is 23.0 Å². The number of nitrogens with zero attached hydrogens (tertiary/aromatic N) is 2. The zero-order valence-corrected chi connectivity index (χ0v) is 15.2. The Balaban J connectivity index is 2.13. The van der Waals surface area contributed by atoms with Crippen LogP contribution in [0.4, 0.5) is 0 Å². The SMILES string of the molecule is CCCc1[nH]nc2c1C(c1ccc(C(C)(C)C)cc1)C(C#N)=C(N)O2. The van der Waals surface area contributed by atoms with E-state index < -0.39 is 0 Å². The van der Waals surface area contributed by atoms with Crippen molar-refractivity contribution >= 4 is 0 Å². The molecular weight excluding hydrogens is 312 g/mol. The van der Waals surface area contributed by atoms with Crippen molar-refractivity contribution in [1.82, 2.24) is 10.2 Å². The van der Waals surface area contributed by atoms with Gasteiger partial charge in [-0.1, -0.05) is 58.4 Å². The molecule has 1 atom stereocenters. The topological polar surface area (TPSA) is 87.7 Å². The van der Waals surface area contributed by atoms with Crippen LogP contribution in [0.3, 0.4) is 0 Å². The second-order valence-electron chi connectivity index (χ2n) is 7.47. The van der Waals surface area contributed by atoms with Gasteiger partial charge in [-0.2, -0.15) is 5.26 Å². The predicted molar refractivity (Wildman–Crippen MR) is 97.0 cm³/mol. The molecule has 0 spiro atoms. The van der Waals surface area contributed by atoms with E-state index in [-0.39, 0.29) is 17.2 Å². The Kier molecular flexibility index (Phi) is 4.30. The molecule has 1 aromatic heterocycles. The van der Waals surface area contributed by atoms with Crippen LogP contribution < -0.4 is 10.5 Å². The van der Waals surface area contributed by atoms with Crippen LogP contribution in [0, 0.1) is 11.3 Å². The number of aryl methyl sites for hydroxylation is 1. The summed E-state index contributed by atoms with van der Waals surface area (Å²) in [7, 11) is 0. The highest BCUT2D eigenvalue weighted by molar-refractivity contribution is 5.55. The Hall–Kier alpha value is -2.74. The van der Waals surface area contributed by atoms with E-state index in [2.05, 4.69) is 68.2 Å². The minimum absolute atomic E-state index is 0.0787. The number of aromatic nitrogens is 2. The van der Waals surface area contributed by atoms with Crippen LogP contribution in [-0.2, 0) is 11.8 Å². The van der Waals surface area contributed by atoms with E-state index in [1.54, 1.807) is 0 Å². The molecule has 0 radical (unpaired) electrons. The quantitative estimate of drug-likeness (QED) is 0.890. The molecule has 130 valence electrons. The number of nitrogens with two attached hydrogens (primary N) is 1. The highest BCUT2D eigenvalue weighted by atomic mass is 16.5. The molecule has 0 amide bonds. The molecule has 1 unspecified atom stereocenters. The number of hydrogen-bond donors (Lipinski definition) is 2. The molecule has 1 aliphatic heterocycles. The van der Waals surface area contributed by atoms with Crippen molar-refractivity contribution in [2.24, 2.45) is 5.73 Å². The molecule has 3 N–H and O–H groups in total. The lowest BCUT2D eigenvalue weighted by molar-refractivity contribution is 0.378. The number of fused-ring (bicyclic) bond motifs is 1. The maximum atomic E-state index is 9.66.